The topological polar surface area (TPSA) is 55.4 Å². The molecule has 0 aliphatic rings. The van der Waals surface area contributed by atoms with Gasteiger partial charge < -0.3 is 4.74 Å². The molecule has 0 amide bonds. The van der Waals surface area contributed by atoms with Crippen molar-refractivity contribution in [2.75, 3.05) is 13.2 Å². The smallest absolute Gasteiger partial charge is 0.240 e. The fourth-order valence-corrected chi connectivity index (χ4v) is 2.37. The summed E-state index contributed by atoms with van der Waals surface area (Å²) in [6.45, 7) is 4.64. The average Bonchev–Trinajstić information content (AvgIpc) is 2.28. The molecule has 0 spiro atoms. The number of rotatable bonds is 7. The van der Waals surface area contributed by atoms with Gasteiger partial charge in [0, 0.05) is 13.2 Å². The van der Waals surface area contributed by atoms with Crippen molar-refractivity contribution in [2.24, 2.45) is 0 Å². The molecule has 0 saturated carbocycles. The lowest BCUT2D eigenvalue weighted by Crippen LogP contribution is -2.25. The minimum Gasteiger partial charge on any atom is -0.379 e. The van der Waals surface area contributed by atoms with Crippen LogP contribution in [0.25, 0.3) is 0 Å². The first kappa shape index (κ1) is 15.1. The van der Waals surface area contributed by atoms with E-state index >= 15 is 0 Å². The maximum Gasteiger partial charge on any atom is 0.240 e. The molecule has 0 aliphatic heterocycles. The number of ether oxygens (including phenoxy) is 1. The minimum atomic E-state index is -3.55. The molecule has 0 aromatic heterocycles. The van der Waals surface area contributed by atoms with Crippen LogP contribution in [0.2, 0.25) is 0 Å². The van der Waals surface area contributed by atoms with E-state index in [9.17, 15) is 12.8 Å². The van der Waals surface area contributed by atoms with Gasteiger partial charge in [-0.3, -0.25) is 0 Å². The van der Waals surface area contributed by atoms with Crippen LogP contribution in [0.3, 0.4) is 0 Å². The number of hydrogen-bond donors (Lipinski definition) is 1. The van der Waals surface area contributed by atoms with E-state index < -0.39 is 15.8 Å². The lowest BCUT2D eigenvalue weighted by atomic mass is 10.4. The molecule has 0 heterocycles. The van der Waals surface area contributed by atoms with Gasteiger partial charge in [-0.15, -0.1) is 0 Å². The molecule has 0 saturated heterocycles. The van der Waals surface area contributed by atoms with E-state index in [0.717, 1.165) is 12.1 Å². The average molecular weight is 275 g/mol. The number of halogens is 1. The normalized spacial score (nSPS) is 12.0. The molecule has 0 atom stereocenters. The van der Waals surface area contributed by atoms with Gasteiger partial charge in [0.05, 0.1) is 11.0 Å². The molecule has 1 N–H and O–H groups in total. The maximum absolute atomic E-state index is 12.7. The summed E-state index contributed by atoms with van der Waals surface area (Å²) < 4.78 is 43.9. The van der Waals surface area contributed by atoms with Crippen molar-refractivity contribution in [1.29, 1.82) is 0 Å². The first-order chi connectivity index (χ1) is 8.42. The Morgan fingerprint density at radius 3 is 2.44 bits per heavy atom. The van der Waals surface area contributed by atoms with Crippen molar-refractivity contribution in [2.45, 2.75) is 31.3 Å². The number of benzene rings is 1. The van der Waals surface area contributed by atoms with Crippen LogP contribution < -0.4 is 4.72 Å². The van der Waals surface area contributed by atoms with Crippen LogP contribution in [0.5, 0.6) is 0 Å². The Bertz CT molecular complexity index is 457. The van der Waals surface area contributed by atoms with E-state index in [1.165, 1.54) is 12.1 Å². The Morgan fingerprint density at radius 2 is 1.89 bits per heavy atom. The first-order valence-electron chi connectivity index (χ1n) is 5.78. The molecule has 1 rings (SSSR count). The van der Waals surface area contributed by atoms with Crippen molar-refractivity contribution < 1.29 is 17.5 Å². The minimum absolute atomic E-state index is 0.0636. The third kappa shape index (κ3) is 5.12. The van der Waals surface area contributed by atoms with E-state index in [1.54, 1.807) is 0 Å². The molecule has 0 radical (unpaired) electrons. The monoisotopic (exact) mass is 275 g/mol. The van der Waals surface area contributed by atoms with Gasteiger partial charge in [0.1, 0.15) is 5.82 Å². The molecule has 1 aromatic carbocycles. The first-order valence-corrected chi connectivity index (χ1v) is 7.27. The molecule has 18 heavy (non-hydrogen) atoms. The zero-order chi connectivity index (χ0) is 13.6. The molecular formula is C12H18FNO3S. The fraction of sp³-hybridized carbons (Fsp3) is 0.500. The van der Waals surface area contributed by atoms with Gasteiger partial charge in [0.25, 0.3) is 0 Å². The van der Waals surface area contributed by atoms with E-state index in [-0.39, 0.29) is 11.0 Å². The van der Waals surface area contributed by atoms with Crippen LogP contribution in [-0.2, 0) is 14.8 Å². The Balaban J connectivity index is 2.43. The number of nitrogens with one attached hydrogen (secondary N) is 1. The summed E-state index contributed by atoms with van der Waals surface area (Å²) in [7, 11) is -3.55. The Labute approximate surface area is 107 Å². The Kier molecular flexibility index (Phi) is 5.71. The Morgan fingerprint density at radius 1 is 1.28 bits per heavy atom. The number of hydrogen-bond acceptors (Lipinski definition) is 3. The van der Waals surface area contributed by atoms with Gasteiger partial charge in [-0.25, -0.2) is 17.5 Å². The predicted molar refractivity (Wildman–Crippen MR) is 67.3 cm³/mol. The third-order valence-corrected chi connectivity index (χ3v) is 3.67. The summed E-state index contributed by atoms with van der Waals surface area (Å²) >= 11 is 0. The predicted octanol–water partition coefficient (Wildman–Crippen LogP) is 1.92. The van der Waals surface area contributed by atoms with Gasteiger partial charge in [-0.05, 0) is 44.5 Å². The molecule has 6 heteroatoms. The van der Waals surface area contributed by atoms with Gasteiger partial charge >= 0.3 is 0 Å². The lowest BCUT2D eigenvalue weighted by molar-refractivity contribution is 0.0778. The second kappa shape index (κ2) is 6.82. The van der Waals surface area contributed by atoms with Gasteiger partial charge in [-0.2, -0.15) is 0 Å². The van der Waals surface area contributed by atoms with Crippen LogP contribution in [-0.4, -0.2) is 27.7 Å². The van der Waals surface area contributed by atoms with Crippen LogP contribution in [0.15, 0.2) is 29.2 Å². The van der Waals surface area contributed by atoms with Crippen LogP contribution in [0, 0.1) is 5.82 Å². The highest BCUT2D eigenvalue weighted by Gasteiger charge is 2.12. The lowest BCUT2D eigenvalue weighted by Gasteiger charge is -2.08. The highest BCUT2D eigenvalue weighted by Crippen LogP contribution is 2.09. The highest BCUT2D eigenvalue weighted by molar-refractivity contribution is 7.89. The Hall–Kier alpha value is -0.980. The highest BCUT2D eigenvalue weighted by atomic mass is 32.2. The summed E-state index contributed by atoms with van der Waals surface area (Å²) in [4.78, 5) is 0.0636. The van der Waals surface area contributed by atoms with Crippen molar-refractivity contribution >= 4 is 10.0 Å². The second-order valence-electron chi connectivity index (χ2n) is 4.12. The number of sulfonamides is 1. The van der Waals surface area contributed by atoms with Gasteiger partial charge in [0.2, 0.25) is 10.0 Å². The fourth-order valence-electron chi connectivity index (χ4n) is 1.29. The second-order valence-corrected chi connectivity index (χ2v) is 5.89. The molecule has 4 nitrogen and oxygen atoms in total. The summed E-state index contributed by atoms with van der Waals surface area (Å²) in [5.41, 5.74) is 0. The zero-order valence-electron chi connectivity index (χ0n) is 10.5. The van der Waals surface area contributed by atoms with E-state index in [1.807, 2.05) is 13.8 Å². The molecule has 0 bridgehead atoms. The molecule has 1 aromatic rings. The third-order valence-electron chi connectivity index (χ3n) is 2.19. The summed E-state index contributed by atoms with van der Waals surface area (Å²) in [6.07, 6.45) is 0.734. The van der Waals surface area contributed by atoms with Crippen molar-refractivity contribution in [3.05, 3.63) is 30.1 Å². The summed E-state index contributed by atoms with van der Waals surface area (Å²) in [5, 5.41) is 0. The van der Waals surface area contributed by atoms with Gasteiger partial charge in [0.15, 0.2) is 0 Å². The largest absolute Gasteiger partial charge is 0.379 e. The molecule has 0 fully saturated rings. The molecular weight excluding hydrogens is 257 g/mol. The van der Waals surface area contributed by atoms with Gasteiger partial charge in [-0.1, -0.05) is 0 Å². The molecule has 0 aliphatic carbocycles. The van der Waals surface area contributed by atoms with E-state index in [0.29, 0.717) is 19.6 Å². The standard InChI is InChI=1S/C12H18FNO3S/c1-10(2)17-9-3-8-14-18(15,16)12-6-4-11(13)5-7-12/h4-7,10,14H,3,8-9H2,1-2H3. The van der Waals surface area contributed by atoms with E-state index in [2.05, 4.69) is 4.72 Å². The van der Waals surface area contributed by atoms with E-state index in [4.69, 9.17) is 4.74 Å². The van der Waals surface area contributed by atoms with Crippen molar-refractivity contribution in [3.63, 3.8) is 0 Å². The SMILES string of the molecule is CC(C)OCCCNS(=O)(=O)c1ccc(F)cc1. The summed E-state index contributed by atoms with van der Waals surface area (Å²) in [6, 6.07) is 4.72. The van der Waals surface area contributed by atoms with Crippen LogP contribution in [0.4, 0.5) is 4.39 Å². The maximum atomic E-state index is 12.7. The van der Waals surface area contributed by atoms with Crippen molar-refractivity contribution in [1.82, 2.24) is 4.72 Å². The van der Waals surface area contributed by atoms with Crippen LogP contribution in [0.1, 0.15) is 20.3 Å². The van der Waals surface area contributed by atoms with Crippen LogP contribution >= 0.6 is 0 Å². The molecule has 102 valence electrons. The molecule has 0 unspecified atom stereocenters. The van der Waals surface area contributed by atoms with Crippen molar-refractivity contribution in [3.8, 4) is 0 Å². The summed E-state index contributed by atoms with van der Waals surface area (Å²) in [5.74, 6) is -0.459. The quantitative estimate of drug-likeness (QED) is 0.773. The zero-order valence-corrected chi connectivity index (χ0v) is 11.3.